The molecular formula is C17H26N4O. The first-order valence-corrected chi connectivity index (χ1v) is 9.00. The molecule has 1 amide bonds. The van der Waals surface area contributed by atoms with Gasteiger partial charge in [0, 0.05) is 31.8 Å². The lowest BCUT2D eigenvalue weighted by molar-refractivity contribution is -0.126. The number of fused-ring (bicyclic) bond motifs is 3. The molecule has 2 saturated carbocycles. The molecule has 0 aromatic carbocycles. The predicted molar refractivity (Wildman–Crippen MR) is 83.2 cm³/mol. The molecule has 1 aromatic rings. The van der Waals surface area contributed by atoms with Crippen LogP contribution in [0.15, 0.2) is 0 Å². The SMILES string of the molecule is O=C(NCCc1nnc2n1CCCCC2)C1CC2CCC1C2. The summed E-state index contributed by atoms with van der Waals surface area (Å²) in [4.78, 5) is 12.4. The zero-order valence-electron chi connectivity index (χ0n) is 13.3. The van der Waals surface area contributed by atoms with Gasteiger partial charge >= 0.3 is 0 Å². The van der Waals surface area contributed by atoms with Gasteiger partial charge < -0.3 is 9.88 Å². The molecule has 0 radical (unpaired) electrons. The maximum absolute atomic E-state index is 12.4. The average molecular weight is 302 g/mol. The van der Waals surface area contributed by atoms with Gasteiger partial charge in [0.25, 0.3) is 0 Å². The monoisotopic (exact) mass is 302 g/mol. The smallest absolute Gasteiger partial charge is 0.223 e. The molecule has 5 heteroatoms. The van der Waals surface area contributed by atoms with Crippen molar-refractivity contribution in [1.82, 2.24) is 20.1 Å². The fourth-order valence-electron chi connectivity index (χ4n) is 4.72. The number of hydrogen-bond donors (Lipinski definition) is 1. The molecule has 4 rings (SSSR count). The van der Waals surface area contributed by atoms with Crippen LogP contribution in [-0.2, 0) is 24.2 Å². The van der Waals surface area contributed by atoms with Gasteiger partial charge in [0.05, 0.1) is 0 Å². The minimum absolute atomic E-state index is 0.280. The van der Waals surface area contributed by atoms with Crippen LogP contribution in [0.3, 0.4) is 0 Å². The Morgan fingerprint density at radius 2 is 2.14 bits per heavy atom. The number of amides is 1. The van der Waals surface area contributed by atoms with Crippen LogP contribution in [0.5, 0.6) is 0 Å². The maximum Gasteiger partial charge on any atom is 0.223 e. The molecule has 1 N–H and O–H groups in total. The summed E-state index contributed by atoms with van der Waals surface area (Å²) in [5.41, 5.74) is 0. The summed E-state index contributed by atoms with van der Waals surface area (Å²) in [6.45, 7) is 1.74. The molecule has 1 aliphatic heterocycles. The molecular weight excluding hydrogens is 276 g/mol. The van der Waals surface area contributed by atoms with Gasteiger partial charge in [-0.1, -0.05) is 12.8 Å². The number of nitrogens with zero attached hydrogens (tertiary/aromatic N) is 3. The molecule has 2 bridgehead atoms. The molecule has 5 nitrogen and oxygen atoms in total. The Balaban J connectivity index is 1.30. The highest BCUT2D eigenvalue weighted by molar-refractivity contribution is 5.79. The molecule has 3 aliphatic rings. The maximum atomic E-state index is 12.4. The van der Waals surface area contributed by atoms with Gasteiger partial charge in [0.2, 0.25) is 5.91 Å². The lowest BCUT2D eigenvalue weighted by Crippen LogP contribution is -2.35. The summed E-state index contributed by atoms with van der Waals surface area (Å²) in [5, 5.41) is 11.8. The number of rotatable bonds is 4. The summed E-state index contributed by atoms with van der Waals surface area (Å²) >= 11 is 0. The molecule has 3 atom stereocenters. The first-order valence-electron chi connectivity index (χ1n) is 9.00. The Morgan fingerprint density at radius 3 is 2.95 bits per heavy atom. The summed E-state index contributed by atoms with van der Waals surface area (Å²) in [7, 11) is 0. The Kier molecular flexibility index (Phi) is 3.89. The standard InChI is InChI=1S/C17H26N4O/c22-17(14-11-12-5-6-13(14)10-12)18-8-7-16-20-19-15-4-2-1-3-9-21(15)16/h12-14H,1-11H2,(H,18,22). The van der Waals surface area contributed by atoms with Crippen LogP contribution in [0.4, 0.5) is 0 Å². The third kappa shape index (κ3) is 2.66. The number of aryl methyl sites for hydroxylation is 1. The van der Waals surface area contributed by atoms with Crippen LogP contribution in [0.2, 0.25) is 0 Å². The summed E-state index contributed by atoms with van der Waals surface area (Å²) in [6.07, 6.45) is 10.6. The van der Waals surface area contributed by atoms with E-state index >= 15 is 0 Å². The number of hydrogen-bond acceptors (Lipinski definition) is 3. The average Bonchev–Trinajstić information content (AvgIpc) is 3.20. The van der Waals surface area contributed by atoms with E-state index < -0.39 is 0 Å². The molecule has 22 heavy (non-hydrogen) atoms. The van der Waals surface area contributed by atoms with Crippen molar-refractivity contribution in [2.24, 2.45) is 17.8 Å². The van der Waals surface area contributed by atoms with E-state index in [4.69, 9.17) is 0 Å². The van der Waals surface area contributed by atoms with Crippen LogP contribution in [0.25, 0.3) is 0 Å². The van der Waals surface area contributed by atoms with Crippen molar-refractivity contribution in [3.8, 4) is 0 Å². The molecule has 2 fully saturated rings. The van der Waals surface area contributed by atoms with E-state index in [0.29, 0.717) is 12.5 Å². The van der Waals surface area contributed by atoms with Crippen LogP contribution in [0.1, 0.15) is 56.6 Å². The van der Waals surface area contributed by atoms with E-state index in [0.717, 1.165) is 43.4 Å². The number of carbonyl (C=O) groups is 1. The topological polar surface area (TPSA) is 59.8 Å². The first kappa shape index (κ1) is 14.2. The lowest BCUT2D eigenvalue weighted by Gasteiger charge is -2.20. The minimum atomic E-state index is 0.280. The molecule has 120 valence electrons. The minimum Gasteiger partial charge on any atom is -0.355 e. The summed E-state index contributed by atoms with van der Waals surface area (Å²) < 4.78 is 2.27. The van der Waals surface area contributed by atoms with Crippen molar-refractivity contribution in [1.29, 1.82) is 0 Å². The van der Waals surface area contributed by atoms with Crippen molar-refractivity contribution in [2.45, 2.75) is 64.3 Å². The van der Waals surface area contributed by atoms with E-state index in [-0.39, 0.29) is 11.8 Å². The highest BCUT2D eigenvalue weighted by Crippen LogP contribution is 2.48. The fraction of sp³-hybridized carbons (Fsp3) is 0.824. The van der Waals surface area contributed by atoms with Gasteiger partial charge in [-0.25, -0.2) is 0 Å². The van der Waals surface area contributed by atoms with Crippen molar-refractivity contribution >= 4 is 5.91 Å². The quantitative estimate of drug-likeness (QED) is 0.926. The van der Waals surface area contributed by atoms with Gasteiger partial charge in [-0.2, -0.15) is 0 Å². The van der Waals surface area contributed by atoms with Gasteiger partial charge in [-0.05, 0) is 43.9 Å². The highest BCUT2D eigenvalue weighted by Gasteiger charge is 2.42. The third-order valence-electron chi connectivity index (χ3n) is 5.91. The van der Waals surface area contributed by atoms with Gasteiger partial charge in [-0.15, -0.1) is 10.2 Å². The number of carbonyl (C=O) groups excluding carboxylic acids is 1. The van der Waals surface area contributed by atoms with Gasteiger partial charge in [0.15, 0.2) is 0 Å². The van der Waals surface area contributed by atoms with E-state index in [1.165, 1.54) is 38.5 Å². The zero-order chi connectivity index (χ0) is 14.9. The Labute approximate surface area is 131 Å². The Morgan fingerprint density at radius 1 is 1.18 bits per heavy atom. The van der Waals surface area contributed by atoms with Crippen LogP contribution in [-0.4, -0.2) is 27.2 Å². The van der Waals surface area contributed by atoms with Crippen LogP contribution in [0, 0.1) is 17.8 Å². The summed E-state index contributed by atoms with van der Waals surface area (Å²) in [6, 6.07) is 0. The second-order valence-electron chi connectivity index (χ2n) is 7.32. The highest BCUT2D eigenvalue weighted by atomic mass is 16.1. The number of nitrogens with one attached hydrogen (secondary N) is 1. The second-order valence-corrected chi connectivity index (χ2v) is 7.32. The molecule has 2 aliphatic carbocycles. The Hall–Kier alpha value is -1.39. The van der Waals surface area contributed by atoms with Crippen molar-refractivity contribution in [3.63, 3.8) is 0 Å². The molecule has 1 aromatic heterocycles. The van der Waals surface area contributed by atoms with Gasteiger partial charge in [0.1, 0.15) is 11.6 Å². The normalized spacial score (nSPS) is 30.1. The third-order valence-corrected chi connectivity index (χ3v) is 5.91. The Bertz CT molecular complexity index is 553. The fourth-order valence-corrected chi connectivity index (χ4v) is 4.72. The molecule has 2 heterocycles. The van der Waals surface area contributed by atoms with Crippen LogP contribution < -0.4 is 5.32 Å². The summed E-state index contributed by atoms with van der Waals surface area (Å²) in [5.74, 6) is 4.23. The van der Waals surface area contributed by atoms with Gasteiger partial charge in [-0.3, -0.25) is 4.79 Å². The van der Waals surface area contributed by atoms with E-state index in [2.05, 4.69) is 20.1 Å². The van der Waals surface area contributed by atoms with E-state index in [9.17, 15) is 4.79 Å². The van der Waals surface area contributed by atoms with Crippen molar-refractivity contribution in [2.75, 3.05) is 6.54 Å². The number of aromatic nitrogens is 3. The molecule has 3 unspecified atom stereocenters. The zero-order valence-corrected chi connectivity index (χ0v) is 13.3. The van der Waals surface area contributed by atoms with Crippen LogP contribution >= 0.6 is 0 Å². The molecule has 0 spiro atoms. The molecule has 0 saturated heterocycles. The van der Waals surface area contributed by atoms with Crippen molar-refractivity contribution in [3.05, 3.63) is 11.6 Å². The second kappa shape index (κ2) is 6.01. The van der Waals surface area contributed by atoms with Crippen molar-refractivity contribution < 1.29 is 4.79 Å². The predicted octanol–water partition coefficient (Wildman–Crippen LogP) is 2.10. The lowest BCUT2D eigenvalue weighted by atomic mass is 9.88. The van der Waals surface area contributed by atoms with E-state index in [1.54, 1.807) is 0 Å². The first-order chi connectivity index (χ1) is 10.8. The van der Waals surface area contributed by atoms with E-state index in [1.807, 2.05) is 0 Å². The largest absolute Gasteiger partial charge is 0.355 e.